The molecule has 0 aromatic heterocycles. The maximum absolute atomic E-state index is 4.20. The van der Waals surface area contributed by atoms with Crippen LogP contribution in [0.4, 0.5) is 0 Å². The van der Waals surface area contributed by atoms with Crippen LogP contribution in [-0.4, -0.2) is 0 Å². The molecule has 0 radical (unpaired) electrons. The summed E-state index contributed by atoms with van der Waals surface area (Å²) in [5.41, 5.74) is 2.13. The predicted molar refractivity (Wildman–Crippen MR) is 71.4 cm³/mol. The van der Waals surface area contributed by atoms with Crippen LogP contribution in [-0.2, 0) is 0 Å². The summed E-state index contributed by atoms with van der Waals surface area (Å²) in [7, 11) is 0. The Morgan fingerprint density at radius 1 is 1.06 bits per heavy atom. The Hall–Kier alpha value is -0.260. The smallest absolute Gasteiger partial charge is 0.0232 e. The molecular weight excluding hydrogens is 192 g/mol. The Bertz CT molecular complexity index is 251. The van der Waals surface area contributed by atoms with Crippen molar-refractivity contribution < 1.29 is 0 Å². The fourth-order valence-electron chi connectivity index (χ4n) is 3.68. The van der Waals surface area contributed by atoms with Gasteiger partial charge in [-0.2, -0.15) is 0 Å². The van der Waals surface area contributed by atoms with Gasteiger partial charge in [0.15, 0.2) is 0 Å². The molecule has 0 aliphatic heterocycles. The van der Waals surface area contributed by atoms with Gasteiger partial charge in [-0.05, 0) is 68.1 Å². The SMILES string of the molecule is C=C1CCC(C2CCC(C)(C)CC2)CC1C. The zero-order valence-electron chi connectivity index (χ0n) is 11.4. The van der Waals surface area contributed by atoms with Crippen molar-refractivity contribution in [1.82, 2.24) is 0 Å². The molecule has 0 bridgehead atoms. The van der Waals surface area contributed by atoms with Gasteiger partial charge in [-0.15, -0.1) is 0 Å². The number of hydrogen-bond donors (Lipinski definition) is 0. The maximum atomic E-state index is 4.20. The van der Waals surface area contributed by atoms with Crippen LogP contribution in [0.1, 0.15) is 65.7 Å². The van der Waals surface area contributed by atoms with Crippen molar-refractivity contribution in [3.8, 4) is 0 Å². The van der Waals surface area contributed by atoms with Gasteiger partial charge in [0.05, 0.1) is 0 Å². The third-order valence-electron chi connectivity index (χ3n) is 5.24. The second kappa shape index (κ2) is 4.55. The van der Waals surface area contributed by atoms with E-state index in [0.717, 1.165) is 17.8 Å². The molecule has 2 atom stereocenters. The van der Waals surface area contributed by atoms with Crippen LogP contribution in [0.15, 0.2) is 12.2 Å². The van der Waals surface area contributed by atoms with Crippen molar-refractivity contribution in [2.45, 2.75) is 65.7 Å². The summed E-state index contributed by atoms with van der Waals surface area (Å²) in [5.74, 6) is 2.83. The fraction of sp³-hybridized carbons (Fsp3) is 0.875. The van der Waals surface area contributed by atoms with Crippen LogP contribution in [0.5, 0.6) is 0 Å². The monoisotopic (exact) mass is 220 g/mol. The van der Waals surface area contributed by atoms with Gasteiger partial charge in [-0.3, -0.25) is 0 Å². The van der Waals surface area contributed by atoms with Crippen molar-refractivity contribution in [2.75, 3.05) is 0 Å². The maximum Gasteiger partial charge on any atom is -0.0232 e. The summed E-state index contributed by atoms with van der Waals surface area (Å²) < 4.78 is 0. The van der Waals surface area contributed by atoms with Gasteiger partial charge in [0.2, 0.25) is 0 Å². The van der Waals surface area contributed by atoms with Gasteiger partial charge in [0.25, 0.3) is 0 Å². The molecule has 0 heterocycles. The topological polar surface area (TPSA) is 0 Å². The number of hydrogen-bond acceptors (Lipinski definition) is 0. The lowest BCUT2D eigenvalue weighted by molar-refractivity contribution is 0.125. The number of rotatable bonds is 1. The Morgan fingerprint density at radius 2 is 1.69 bits per heavy atom. The first-order valence-electron chi connectivity index (χ1n) is 7.15. The lowest BCUT2D eigenvalue weighted by Gasteiger charge is -2.41. The van der Waals surface area contributed by atoms with Crippen LogP contribution < -0.4 is 0 Å². The van der Waals surface area contributed by atoms with Gasteiger partial charge in [0, 0.05) is 0 Å². The van der Waals surface area contributed by atoms with E-state index in [4.69, 9.17) is 0 Å². The van der Waals surface area contributed by atoms with Crippen molar-refractivity contribution in [3.05, 3.63) is 12.2 Å². The average Bonchev–Trinajstić information content (AvgIpc) is 2.22. The van der Waals surface area contributed by atoms with Crippen molar-refractivity contribution >= 4 is 0 Å². The molecule has 16 heavy (non-hydrogen) atoms. The molecule has 92 valence electrons. The van der Waals surface area contributed by atoms with Crippen LogP contribution in [0.2, 0.25) is 0 Å². The first-order chi connectivity index (χ1) is 7.48. The van der Waals surface area contributed by atoms with E-state index in [1.54, 1.807) is 0 Å². The highest BCUT2D eigenvalue weighted by Gasteiger charge is 2.33. The lowest BCUT2D eigenvalue weighted by Crippen LogP contribution is -2.29. The molecule has 0 N–H and O–H groups in total. The lowest BCUT2D eigenvalue weighted by atomic mass is 9.65. The van der Waals surface area contributed by atoms with Gasteiger partial charge in [0.1, 0.15) is 0 Å². The van der Waals surface area contributed by atoms with E-state index in [2.05, 4.69) is 27.4 Å². The zero-order chi connectivity index (χ0) is 11.8. The molecule has 2 aliphatic carbocycles. The summed E-state index contributed by atoms with van der Waals surface area (Å²) in [4.78, 5) is 0. The quantitative estimate of drug-likeness (QED) is 0.533. The minimum absolute atomic E-state index is 0.625. The van der Waals surface area contributed by atoms with E-state index >= 15 is 0 Å². The largest absolute Gasteiger partial charge is 0.0996 e. The highest BCUT2D eigenvalue weighted by molar-refractivity contribution is 5.04. The van der Waals surface area contributed by atoms with Crippen molar-refractivity contribution in [3.63, 3.8) is 0 Å². The molecule has 2 unspecified atom stereocenters. The van der Waals surface area contributed by atoms with E-state index in [-0.39, 0.29) is 0 Å². The van der Waals surface area contributed by atoms with Crippen LogP contribution in [0.25, 0.3) is 0 Å². The van der Waals surface area contributed by atoms with Crippen LogP contribution in [0.3, 0.4) is 0 Å². The second-order valence-electron chi connectivity index (χ2n) is 7.10. The first kappa shape index (κ1) is 12.2. The molecular formula is C16H28. The van der Waals surface area contributed by atoms with Gasteiger partial charge in [-0.1, -0.05) is 32.9 Å². The van der Waals surface area contributed by atoms with E-state index in [9.17, 15) is 0 Å². The van der Waals surface area contributed by atoms with Gasteiger partial charge in [-0.25, -0.2) is 0 Å². The molecule has 0 heteroatoms. The van der Waals surface area contributed by atoms with Crippen molar-refractivity contribution in [2.24, 2.45) is 23.2 Å². The summed E-state index contributed by atoms with van der Waals surface area (Å²) in [6, 6.07) is 0. The van der Waals surface area contributed by atoms with Crippen LogP contribution in [0, 0.1) is 23.2 Å². The van der Waals surface area contributed by atoms with Gasteiger partial charge < -0.3 is 0 Å². The molecule has 0 aromatic rings. The average molecular weight is 220 g/mol. The fourth-order valence-corrected chi connectivity index (χ4v) is 3.68. The standard InChI is InChI=1S/C16H28/c1-12-5-6-15(11-13(12)2)14-7-9-16(3,4)10-8-14/h13-15H,1,5-11H2,2-4H3. The zero-order valence-corrected chi connectivity index (χ0v) is 11.4. The van der Waals surface area contributed by atoms with Crippen LogP contribution >= 0.6 is 0 Å². The minimum Gasteiger partial charge on any atom is -0.0996 e. The predicted octanol–water partition coefficient (Wildman–Crippen LogP) is 5.20. The molecule has 0 nitrogen and oxygen atoms in total. The first-order valence-corrected chi connectivity index (χ1v) is 7.15. The van der Waals surface area contributed by atoms with E-state index in [0.29, 0.717) is 5.41 Å². The Balaban J connectivity index is 1.88. The molecule has 0 aromatic carbocycles. The molecule has 0 amide bonds. The summed E-state index contributed by atoms with van der Waals surface area (Å²) in [6.45, 7) is 11.5. The molecule has 2 saturated carbocycles. The highest BCUT2D eigenvalue weighted by atomic mass is 14.4. The number of allylic oxidation sites excluding steroid dienone is 1. The normalized spacial score (nSPS) is 36.3. The van der Waals surface area contributed by atoms with E-state index < -0.39 is 0 Å². The molecule has 0 saturated heterocycles. The Kier molecular flexibility index (Phi) is 3.47. The van der Waals surface area contributed by atoms with E-state index in [1.165, 1.54) is 50.5 Å². The molecule has 0 spiro atoms. The second-order valence-corrected chi connectivity index (χ2v) is 7.10. The minimum atomic E-state index is 0.625. The summed E-state index contributed by atoms with van der Waals surface area (Å²) >= 11 is 0. The third kappa shape index (κ3) is 2.70. The molecule has 2 aliphatic rings. The molecule has 2 fully saturated rings. The summed E-state index contributed by atoms with van der Waals surface area (Å²) in [5, 5.41) is 0. The third-order valence-corrected chi connectivity index (χ3v) is 5.24. The van der Waals surface area contributed by atoms with Crippen molar-refractivity contribution in [1.29, 1.82) is 0 Å². The Labute approximate surface area is 102 Å². The highest BCUT2D eigenvalue weighted by Crippen LogP contribution is 2.45. The van der Waals surface area contributed by atoms with E-state index in [1.807, 2.05) is 0 Å². The molecule has 2 rings (SSSR count). The summed E-state index contributed by atoms with van der Waals surface area (Å²) in [6.07, 6.45) is 10.0. The Morgan fingerprint density at radius 3 is 2.25 bits per heavy atom. The van der Waals surface area contributed by atoms with Gasteiger partial charge >= 0.3 is 0 Å².